The third kappa shape index (κ3) is 5.67. The lowest BCUT2D eigenvalue weighted by Gasteiger charge is -2.07. The summed E-state index contributed by atoms with van der Waals surface area (Å²) >= 11 is 1.61. The van der Waals surface area contributed by atoms with Gasteiger partial charge in [0, 0.05) is 29.1 Å². The van der Waals surface area contributed by atoms with Crippen molar-refractivity contribution >= 4 is 28.8 Å². The van der Waals surface area contributed by atoms with Gasteiger partial charge in [-0.2, -0.15) is 0 Å². The summed E-state index contributed by atoms with van der Waals surface area (Å²) in [5.41, 5.74) is 3.77. The van der Waals surface area contributed by atoms with Crippen molar-refractivity contribution in [2.24, 2.45) is 0 Å². The largest absolute Gasteiger partial charge is 0.494 e. The molecule has 30 heavy (non-hydrogen) atoms. The van der Waals surface area contributed by atoms with Crippen LogP contribution in [0.15, 0.2) is 48.5 Å². The fraction of sp³-hybridized carbons (Fsp3) is 0.261. The first-order valence-electron chi connectivity index (χ1n) is 9.81. The van der Waals surface area contributed by atoms with Crippen molar-refractivity contribution in [2.75, 3.05) is 18.5 Å². The summed E-state index contributed by atoms with van der Waals surface area (Å²) in [5.74, 6) is -0.643. The van der Waals surface area contributed by atoms with Crippen molar-refractivity contribution in [1.29, 1.82) is 0 Å². The van der Waals surface area contributed by atoms with Crippen LogP contribution in [-0.4, -0.2) is 29.9 Å². The molecule has 3 aromatic rings. The minimum absolute atomic E-state index is 0.367. The molecule has 0 spiro atoms. The Hall–Kier alpha value is -3.19. The highest BCUT2D eigenvalue weighted by Crippen LogP contribution is 2.28. The predicted molar refractivity (Wildman–Crippen MR) is 120 cm³/mol. The van der Waals surface area contributed by atoms with Gasteiger partial charge in [-0.3, -0.25) is 9.59 Å². The van der Waals surface area contributed by atoms with E-state index in [2.05, 4.69) is 34.7 Å². The van der Waals surface area contributed by atoms with Crippen LogP contribution in [0.4, 0.5) is 5.69 Å². The molecule has 7 heteroatoms. The molecule has 2 aromatic carbocycles. The van der Waals surface area contributed by atoms with Gasteiger partial charge in [-0.15, -0.1) is 11.3 Å². The zero-order valence-corrected chi connectivity index (χ0v) is 18.1. The molecule has 1 heterocycles. The van der Waals surface area contributed by atoms with E-state index < -0.39 is 11.8 Å². The fourth-order valence-electron chi connectivity index (χ4n) is 2.92. The molecule has 1 aromatic heterocycles. The number of hydrogen-bond acceptors (Lipinski definition) is 5. The number of anilines is 1. The normalized spacial score (nSPS) is 10.5. The van der Waals surface area contributed by atoms with Crippen LogP contribution in [0.25, 0.3) is 10.6 Å². The quantitative estimate of drug-likeness (QED) is 0.560. The molecule has 2 amide bonds. The van der Waals surface area contributed by atoms with Crippen LogP contribution >= 0.6 is 11.3 Å². The number of nitrogens with one attached hydrogen (secondary N) is 2. The first kappa shape index (κ1) is 21.5. The van der Waals surface area contributed by atoms with Gasteiger partial charge in [-0.1, -0.05) is 23.8 Å². The first-order valence-corrected chi connectivity index (χ1v) is 10.6. The first-order chi connectivity index (χ1) is 14.5. The average Bonchev–Trinajstić information content (AvgIpc) is 3.10. The SMILES string of the molecule is CCOc1ccc(NC(=O)C(=O)NCCc2sc(-c3cccc(C)c3)nc2C)cc1. The molecule has 0 aliphatic rings. The van der Waals surface area contributed by atoms with Crippen LogP contribution in [0.3, 0.4) is 0 Å². The maximum atomic E-state index is 12.1. The van der Waals surface area contributed by atoms with Crippen molar-refractivity contribution in [1.82, 2.24) is 10.3 Å². The maximum absolute atomic E-state index is 12.1. The lowest BCUT2D eigenvalue weighted by Crippen LogP contribution is -2.36. The minimum Gasteiger partial charge on any atom is -0.494 e. The van der Waals surface area contributed by atoms with Crippen LogP contribution in [0.2, 0.25) is 0 Å². The van der Waals surface area contributed by atoms with Crippen molar-refractivity contribution in [3.8, 4) is 16.3 Å². The number of benzene rings is 2. The second-order valence-corrected chi connectivity index (χ2v) is 7.90. The van der Waals surface area contributed by atoms with E-state index in [-0.39, 0.29) is 0 Å². The van der Waals surface area contributed by atoms with Crippen LogP contribution in [0.5, 0.6) is 5.75 Å². The van der Waals surface area contributed by atoms with Crippen LogP contribution in [-0.2, 0) is 16.0 Å². The molecule has 156 valence electrons. The number of carbonyl (C=O) groups excluding carboxylic acids is 2. The van der Waals surface area contributed by atoms with Gasteiger partial charge in [0.2, 0.25) is 0 Å². The monoisotopic (exact) mass is 423 g/mol. The summed E-state index contributed by atoms with van der Waals surface area (Å²) in [6, 6.07) is 15.1. The van der Waals surface area contributed by atoms with Crippen LogP contribution < -0.4 is 15.4 Å². The number of carbonyl (C=O) groups is 2. The standard InChI is InChI=1S/C23H25N3O3S/c1-4-29-19-10-8-18(9-11-19)26-22(28)21(27)24-13-12-20-16(3)25-23(30-20)17-7-5-6-15(2)14-17/h5-11,14H,4,12-13H2,1-3H3,(H,24,27)(H,26,28). The smallest absolute Gasteiger partial charge is 0.313 e. The molecule has 6 nitrogen and oxygen atoms in total. The van der Waals surface area contributed by atoms with Crippen LogP contribution in [0.1, 0.15) is 23.1 Å². The Balaban J connectivity index is 1.51. The molecule has 0 radical (unpaired) electrons. The Morgan fingerprint density at radius 2 is 1.83 bits per heavy atom. The van der Waals surface area contributed by atoms with Crippen molar-refractivity contribution in [3.05, 3.63) is 64.7 Å². The summed E-state index contributed by atoms with van der Waals surface area (Å²) in [4.78, 5) is 29.9. The fourth-order valence-corrected chi connectivity index (χ4v) is 3.98. The lowest BCUT2D eigenvalue weighted by molar-refractivity contribution is -0.136. The molecular weight excluding hydrogens is 398 g/mol. The second-order valence-electron chi connectivity index (χ2n) is 6.81. The minimum atomic E-state index is -0.694. The second kappa shape index (κ2) is 10.0. The van der Waals surface area contributed by atoms with Gasteiger partial charge in [0.1, 0.15) is 10.8 Å². The van der Waals surface area contributed by atoms with Crippen LogP contribution in [0, 0.1) is 13.8 Å². The molecule has 0 saturated heterocycles. The number of ether oxygens (including phenoxy) is 1. The molecule has 2 N–H and O–H groups in total. The molecule has 0 bridgehead atoms. The van der Waals surface area contributed by atoms with Gasteiger partial charge in [-0.25, -0.2) is 4.98 Å². The molecular formula is C23H25N3O3S. The lowest BCUT2D eigenvalue weighted by atomic mass is 10.1. The zero-order valence-electron chi connectivity index (χ0n) is 17.3. The Bertz CT molecular complexity index is 1030. The molecule has 0 atom stereocenters. The number of aryl methyl sites for hydroxylation is 2. The van der Waals surface area contributed by atoms with E-state index in [9.17, 15) is 9.59 Å². The number of thiazole rings is 1. The van der Waals surface area contributed by atoms with Crippen molar-refractivity contribution in [3.63, 3.8) is 0 Å². The van der Waals surface area contributed by atoms with E-state index in [4.69, 9.17) is 4.74 Å². The number of aromatic nitrogens is 1. The highest BCUT2D eigenvalue weighted by Gasteiger charge is 2.15. The van der Waals surface area contributed by atoms with Crippen molar-refractivity contribution < 1.29 is 14.3 Å². The van der Waals surface area contributed by atoms with E-state index in [1.165, 1.54) is 5.56 Å². The zero-order chi connectivity index (χ0) is 21.5. The van der Waals surface area contributed by atoms with Gasteiger partial charge in [-0.05, 0) is 51.1 Å². The van der Waals surface area contributed by atoms with Gasteiger partial charge in [0.15, 0.2) is 0 Å². The molecule has 0 saturated carbocycles. The summed E-state index contributed by atoms with van der Waals surface area (Å²) < 4.78 is 5.36. The van der Waals surface area contributed by atoms with Crippen molar-refractivity contribution in [2.45, 2.75) is 27.2 Å². The Morgan fingerprint density at radius 1 is 1.07 bits per heavy atom. The summed E-state index contributed by atoms with van der Waals surface area (Å²) in [6.07, 6.45) is 0.622. The predicted octanol–water partition coefficient (Wildman–Crippen LogP) is 4.12. The van der Waals surface area contributed by atoms with Gasteiger partial charge >= 0.3 is 11.8 Å². The van der Waals surface area contributed by atoms with Gasteiger partial charge in [0.25, 0.3) is 0 Å². The third-order valence-corrected chi connectivity index (χ3v) is 5.69. The van der Waals surface area contributed by atoms with E-state index >= 15 is 0 Å². The van der Waals surface area contributed by atoms with Gasteiger partial charge in [0.05, 0.1) is 12.3 Å². The molecule has 0 unspecified atom stereocenters. The van der Waals surface area contributed by atoms with E-state index in [1.807, 2.05) is 26.0 Å². The number of amides is 2. The molecule has 3 rings (SSSR count). The highest BCUT2D eigenvalue weighted by atomic mass is 32.1. The van der Waals surface area contributed by atoms with Gasteiger partial charge < -0.3 is 15.4 Å². The highest BCUT2D eigenvalue weighted by molar-refractivity contribution is 7.15. The number of rotatable bonds is 7. The molecule has 0 fully saturated rings. The number of nitrogens with zero attached hydrogens (tertiary/aromatic N) is 1. The molecule has 0 aliphatic carbocycles. The summed E-state index contributed by atoms with van der Waals surface area (Å²) in [5, 5.41) is 6.22. The Morgan fingerprint density at radius 3 is 2.53 bits per heavy atom. The average molecular weight is 424 g/mol. The summed E-state index contributed by atoms with van der Waals surface area (Å²) in [6.45, 7) is 6.85. The van der Waals surface area contributed by atoms with E-state index in [1.54, 1.807) is 35.6 Å². The number of hydrogen-bond donors (Lipinski definition) is 2. The summed E-state index contributed by atoms with van der Waals surface area (Å²) in [7, 11) is 0. The topological polar surface area (TPSA) is 80.3 Å². The Kier molecular flexibility index (Phi) is 7.19. The molecule has 0 aliphatic heterocycles. The van der Waals surface area contributed by atoms with E-state index in [0.717, 1.165) is 21.1 Å². The maximum Gasteiger partial charge on any atom is 0.313 e. The Labute approximate surface area is 180 Å². The van der Waals surface area contributed by atoms with E-state index in [0.29, 0.717) is 31.0 Å². The third-order valence-electron chi connectivity index (χ3n) is 4.42.